The van der Waals surface area contributed by atoms with Crippen molar-refractivity contribution in [2.75, 3.05) is 13.9 Å². The van der Waals surface area contributed by atoms with Crippen LogP contribution in [0.3, 0.4) is 0 Å². The number of halogens is 1. The van der Waals surface area contributed by atoms with Gasteiger partial charge in [0.1, 0.15) is 5.75 Å². The third-order valence-electron chi connectivity index (χ3n) is 2.05. The van der Waals surface area contributed by atoms with E-state index in [1.807, 2.05) is 0 Å². The van der Waals surface area contributed by atoms with Crippen LogP contribution in [0.4, 0.5) is 4.53 Å². The number of fused-ring (bicyclic) bond motifs is 1. The Kier molecular flexibility index (Phi) is 2.37. The minimum absolute atomic E-state index is 0.116. The van der Waals surface area contributed by atoms with Crippen LogP contribution in [0.2, 0.25) is 0 Å². The van der Waals surface area contributed by atoms with Gasteiger partial charge in [-0.05, 0) is 16.7 Å². The van der Waals surface area contributed by atoms with Crippen LogP contribution in [-0.2, 0) is 20.4 Å². The average Bonchev–Trinajstić information content (AvgIpc) is 2.28. The zero-order chi connectivity index (χ0) is 10.0. The van der Waals surface area contributed by atoms with Crippen molar-refractivity contribution in [2.45, 2.75) is 5.97 Å². The lowest BCUT2D eigenvalue weighted by Crippen LogP contribution is -2.38. The van der Waals surface area contributed by atoms with Crippen LogP contribution in [0.25, 0.3) is 0 Å². The van der Waals surface area contributed by atoms with Gasteiger partial charge in [-0.15, -0.1) is 4.94 Å². The molecule has 1 aliphatic rings. The molecule has 0 amide bonds. The molecular weight excluding hydrogens is 191 g/mol. The lowest BCUT2D eigenvalue weighted by molar-refractivity contribution is -0.472. The van der Waals surface area contributed by atoms with E-state index in [4.69, 9.17) is 14.2 Å². The van der Waals surface area contributed by atoms with Crippen molar-refractivity contribution in [3.05, 3.63) is 29.8 Å². The number of para-hydroxylation sites is 1. The molecule has 0 saturated carbocycles. The molecule has 0 radical (unpaired) electrons. The smallest absolute Gasteiger partial charge is 0.351 e. The zero-order valence-electron chi connectivity index (χ0n) is 7.53. The van der Waals surface area contributed by atoms with Crippen molar-refractivity contribution < 1.29 is 23.7 Å². The highest BCUT2D eigenvalue weighted by atomic mass is 19.3. The van der Waals surface area contributed by atoms with Crippen LogP contribution in [0.1, 0.15) is 5.56 Å². The van der Waals surface area contributed by atoms with Gasteiger partial charge in [-0.25, -0.2) is 0 Å². The molecule has 0 aromatic heterocycles. The van der Waals surface area contributed by atoms with E-state index in [2.05, 4.69) is 4.94 Å². The predicted molar refractivity (Wildman–Crippen MR) is 43.9 cm³/mol. The van der Waals surface area contributed by atoms with Gasteiger partial charge in [0.25, 0.3) is 0 Å². The van der Waals surface area contributed by atoms with E-state index in [0.29, 0.717) is 11.3 Å². The second-order valence-corrected chi connectivity index (χ2v) is 2.74. The number of hydrogen-bond acceptors (Lipinski definition) is 4. The number of ether oxygens (including phenoxy) is 3. The van der Waals surface area contributed by atoms with Crippen molar-refractivity contribution in [1.82, 2.24) is 0 Å². The number of rotatable bonds is 2. The van der Waals surface area contributed by atoms with E-state index in [-0.39, 0.29) is 6.79 Å². The Bertz CT molecular complexity index is 324. The van der Waals surface area contributed by atoms with Crippen molar-refractivity contribution in [1.29, 1.82) is 0 Å². The Morgan fingerprint density at radius 1 is 1.43 bits per heavy atom. The summed E-state index contributed by atoms with van der Waals surface area (Å²) < 4.78 is 27.3. The molecule has 5 heteroatoms. The monoisotopic (exact) mass is 200 g/mol. The molecule has 1 unspecified atom stereocenters. The molecule has 4 nitrogen and oxygen atoms in total. The maximum Gasteiger partial charge on any atom is 0.351 e. The molecule has 1 aromatic carbocycles. The molecule has 0 saturated heterocycles. The van der Waals surface area contributed by atoms with Crippen LogP contribution >= 0.6 is 0 Å². The Morgan fingerprint density at radius 3 is 2.93 bits per heavy atom. The summed E-state index contributed by atoms with van der Waals surface area (Å²) >= 11 is 0. The second-order valence-electron chi connectivity index (χ2n) is 2.74. The summed E-state index contributed by atoms with van der Waals surface area (Å²) in [6.45, 7) is -0.116. The van der Waals surface area contributed by atoms with Gasteiger partial charge in [-0.1, -0.05) is 12.1 Å². The third-order valence-corrected chi connectivity index (χ3v) is 2.05. The summed E-state index contributed by atoms with van der Waals surface area (Å²) in [5.74, 6) is -1.31. The molecule has 0 bridgehead atoms. The standard InChI is InChI=1S/C9H9FO4/c1-11-9(14-10)7-4-2-3-5-8(7)12-6-13-9/h2-5H,6H2,1H3. The van der Waals surface area contributed by atoms with Crippen molar-refractivity contribution in [2.24, 2.45) is 0 Å². The quantitative estimate of drug-likeness (QED) is 0.681. The van der Waals surface area contributed by atoms with Gasteiger partial charge in [0.2, 0.25) is 0 Å². The summed E-state index contributed by atoms with van der Waals surface area (Å²) in [6.07, 6.45) is 0. The van der Waals surface area contributed by atoms with E-state index in [1.54, 1.807) is 24.3 Å². The second kappa shape index (κ2) is 3.53. The van der Waals surface area contributed by atoms with Crippen LogP contribution in [-0.4, -0.2) is 13.9 Å². The molecule has 0 aliphatic carbocycles. The van der Waals surface area contributed by atoms with Gasteiger partial charge in [0, 0.05) is 7.11 Å². The first-order valence-electron chi connectivity index (χ1n) is 4.03. The number of hydrogen-bond donors (Lipinski definition) is 0. The zero-order valence-corrected chi connectivity index (χ0v) is 7.53. The molecule has 0 N–H and O–H groups in total. The summed E-state index contributed by atoms with van der Waals surface area (Å²) in [6, 6.07) is 6.77. The molecule has 0 spiro atoms. The van der Waals surface area contributed by atoms with Crippen molar-refractivity contribution >= 4 is 0 Å². The van der Waals surface area contributed by atoms with Gasteiger partial charge >= 0.3 is 5.97 Å². The highest BCUT2D eigenvalue weighted by molar-refractivity contribution is 5.36. The average molecular weight is 200 g/mol. The molecule has 1 atom stereocenters. The Morgan fingerprint density at radius 2 is 2.21 bits per heavy atom. The first-order valence-corrected chi connectivity index (χ1v) is 4.03. The molecule has 76 valence electrons. The number of methoxy groups -OCH3 is 1. The van der Waals surface area contributed by atoms with E-state index < -0.39 is 5.97 Å². The number of benzene rings is 1. The normalized spacial score (nSPS) is 25.3. The Hall–Kier alpha value is -1.17. The SMILES string of the molecule is COC1(OF)OCOc2ccccc21. The van der Waals surface area contributed by atoms with E-state index >= 15 is 0 Å². The molecule has 1 aromatic rings. The first-order chi connectivity index (χ1) is 6.82. The van der Waals surface area contributed by atoms with Gasteiger partial charge in [-0.2, -0.15) is 0 Å². The maximum absolute atomic E-state index is 12.4. The fraction of sp³-hybridized carbons (Fsp3) is 0.333. The minimum Gasteiger partial charge on any atom is -0.467 e. The first kappa shape index (κ1) is 9.39. The lowest BCUT2D eigenvalue weighted by Gasteiger charge is -2.32. The van der Waals surface area contributed by atoms with Gasteiger partial charge in [0.05, 0.1) is 5.56 Å². The highest BCUT2D eigenvalue weighted by Crippen LogP contribution is 2.38. The fourth-order valence-corrected chi connectivity index (χ4v) is 1.36. The topological polar surface area (TPSA) is 36.9 Å². The largest absolute Gasteiger partial charge is 0.467 e. The maximum atomic E-state index is 12.4. The third kappa shape index (κ3) is 1.26. The summed E-state index contributed by atoms with van der Waals surface area (Å²) in [7, 11) is 1.29. The van der Waals surface area contributed by atoms with E-state index in [1.165, 1.54) is 7.11 Å². The Labute approximate surface area is 80.0 Å². The van der Waals surface area contributed by atoms with Crippen molar-refractivity contribution in [3.8, 4) is 5.75 Å². The van der Waals surface area contributed by atoms with Crippen LogP contribution in [0.5, 0.6) is 5.75 Å². The lowest BCUT2D eigenvalue weighted by atomic mass is 10.1. The van der Waals surface area contributed by atoms with Crippen molar-refractivity contribution in [3.63, 3.8) is 0 Å². The molecular formula is C9H9FO4. The molecule has 1 aliphatic heterocycles. The van der Waals surface area contributed by atoms with Crippen LogP contribution < -0.4 is 4.74 Å². The van der Waals surface area contributed by atoms with Gasteiger partial charge < -0.3 is 9.47 Å². The summed E-state index contributed by atoms with van der Waals surface area (Å²) in [5, 5.41) is 0. The molecule has 2 rings (SSSR count). The van der Waals surface area contributed by atoms with Crippen LogP contribution in [0, 0.1) is 0 Å². The minimum atomic E-state index is -1.80. The Balaban J connectivity index is 2.48. The molecule has 0 fully saturated rings. The fourth-order valence-electron chi connectivity index (χ4n) is 1.36. The molecule has 1 heterocycles. The van der Waals surface area contributed by atoms with E-state index in [0.717, 1.165) is 0 Å². The van der Waals surface area contributed by atoms with Gasteiger partial charge in [0.15, 0.2) is 6.79 Å². The van der Waals surface area contributed by atoms with E-state index in [9.17, 15) is 4.53 Å². The molecule has 14 heavy (non-hydrogen) atoms. The summed E-state index contributed by atoms with van der Waals surface area (Å²) in [5.41, 5.74) is 0.372. The summed E-state index contributed by atoms with van der Waals surface area (Å²) in [4.78, 5) is 3.73. The predicted octanol–water partition coefficient (Wildman–Crippen LogP) is 1.71. The van der Waals surface area contributed by atoms with Crippen LogP contribution in [0.15, 0.2) is 24.3 Å². The van der Waals surface area contributed by atoms with Gasteiger partial charge in [-0.3, -0.25) is 4.74 Å². The highest BCUT2D eigenvalue weighted by Gasteiger charge is 2.42.